The molecule has 0 saturated carbocycles. The lowest BCUT2D eigenvalue weighted by Crippen LogP contribution is -2.34. The number of carbonyl (C=O) groups excluding carboxylic acids is 1. The van der Waals surface area contributed by atoms with E-state index in [9.17, 15) is 13.6 Å². The quantitative estimate of drug-likeness (QED) is 0.505. The van der Waals surface area contributed by atoms with Crippen molar-refractivity contribution < 1.29 is 18.3 Å². The summed E-state index contributed by atoms with van der Waals surface area (Å²) in [4.78, 5) is 10.9. The summed E-state index contributed by atoms with van der Waals surface area (Å²) in [6.45, 7) is 6.99. The fourth-order valence-electron chi connectivity index (χ4n) is 0.775. The molecule has 0 aliphatic heterocycles. The van der Waals surface area contributed by atoms with Crippen LogP contribution in [-0.2, 0) is 9.53 Å². The second-order valence-electron chi connectivity index (χ2n) is 3.04. The van der Waals surface area contributed by atoms with Crippen LogP contribution in [0.15, 0.2) is 12.2 Å². The zero-order chi connectivity index (χ0) is 10.6. The van der Waals surface area contributed by atoms with Crippen LogP contribution in [0.2, 0.25) is 0 Å². The van der Waals surface area contributed by atoms with Crippen LogP contribution < -0.4 is 0 Å². The number of ether oxygens (including phenoxy) is 1. The lowest BCUT2D eigenvalue weighted by molar-refractivity contribution is -0.166. The van der Waals surface area contributed by atoms with Crippen LogP contribution in [0.3, 0.4) is 0 Å². The highest BCUT2D eigenvalue weighted by Gasteiger charge is 2.35. The van der Waals surface area contributed by atoms with E-state index in [0.29, 0.717) is 0 Å². The monoisotopic (exact) mass is 192 g/mol. The first-order valence-corrected chi connectivity index (χ1v) is 4.03. The Morgan fingerprint density at radius 2 is 2.08 bits per heavy atom. The third-order valence-corrected chi connectivity index (χ3v) is 1.53. The van der Waals surface area contributed by atoms with Crippen molar-refractivity contribution in [2.75, 3.05) is 0 Å². The average molecular weight is 192 g/mol. The Bertz CT molecular complexity index is 206. The van der Waals surface area contributed by atoms with Crippen molar-refractivity contribution >= 4 is 5.97 Å². The van der Waals surface area contributed by atoms with Gasteiger partial charge in [0.05, 0.1) is 0 Å². The van der Waals surface area contributed by atoms with Gasteiger partial charge >= 0.3 is 5.97 Å². The minimum Gasteiger partial charge on any atom is -0.453 e. The number of hydrogen-bond acceptors (Lipinski definition) is 2. The number of halogens is 2. The molecule has 76 valence electrons. The first-order chi connectivity index (χ1) is 5.79. The van der Waals surface area contributed by atoms with Gasteiger partial charge in [-0.15, -0.1) is 0 Å². The predicted octanol–water partition coefficient (Wildman–Crippen LogP) is 2.54. The molecule has 0 rings (SSSR count). The number of hydrogen-bond donors (Lipinski definition) is 0. The summed E-state index contributed by atoms with van der Waals surface area (Å²) in [5.41, 5.74) is 0.127. The van der Waals surface area contributed by atoms with E-state index in [-0.39, 0.29) is 12.0 Å². The Hall–Kier alpha value is -0.930. The van der Waals surface area contributed by atoms with Crippen LogP contribution in [0.1, 0.15) is 27.2 Å². The maximum absolute atomic E-state index is 12.7. The van der Waals surface area contributed by atoms with E-state index >= 15 is 0 Å². The summed E-state index contributed by atoms with van der Waals surface area (Å²) in [5.74, 6) is -3.77. The van der Waals surface area contributed by atoms with Crippen molar-refractivity contribution in [3.63, 3.8) is 0 Å². The molecular weight excluding hydrogens is 178 g/mol. The van der Waals surface area contributed by atoms with Gasteiger partial charge in [0.2, 0.25) is 0 Å². The fraction of sp³-hybridized carbons (Fsp3) is 0.667. The van der Waals surface area contributed by atoms with Crippen LogP contribution in [0.25, 0.3) is 0 Å². The van der Waals surface area contributed by atoms with Crippen LogP contribution in [0.5, 0.6) is 0 Å². The van der Waals surface area contributed by atoms with Gasteiger partial charge in [-0.3, -0.25) is 0 Å². The molecule has 1 atom stereocenters. The fourth-order valence-corrected chi connectivity index (χ4v) is 0.775. The summed E-state index contributed by atoms with van der Waals surface area (Å²) in [7, 11) is 0. The highest BCUT2D eigenvalue weighted by molar-refractivity contribution is 5.87. The highest BCUT2D eigenvalue weighted by Crippen LogP contribution is 2.23. The minimum absolute atomic E-state index is 0.0858. The van der Waals surface area contributed by atoms with Gasteiger partial charge in [0.15, 0.2) is 6.10 Å². The number of alkyl halides is 2. The van der Waals surface area contributed by atoms with Gasteiger partial charge in [-0.2, -0.15) is 0 Å². The van der Waals surface area contributed by atoms with Crippen LogP contribution in [0, 0.1) is 0 Å². The molecule has 0 spiro atoms. The Kier molecular flexibility index (Phi) is 4.04. The molecule has 0 aromatic carbocycles. The van der Waals surface area contributed by atoms with Crippen molar-refractivity contribution in [1.82, 2.24) is 0 Å². The second kappa shape index (κ2) is 4.35. The number of esters is 1. The van der Waals surface area contributed by atoms with Gasteiger partial charge in [-0.1, -0.05) is 13.5 Å². The van der Waals surface area contributed by atoms with E-state index in [2.05, 4.69) is 11.3 Å². The Morgan fingerprint density at radius 3 is 2.31 bits per heavy atom. The maximum atomic E-state index is 12.7. The molecule has 4 heteroatoms. The first-order valence-electron chi connectivity index (χ1n) is 4.03. The normalized spacial score (nSPS) is 13.6. The highest BCUT2D eigenvalue weighted by atomic mass is 19.3. The van der Waals surface area contributed by atoms with Gasteiger partial charge in [-0.05, 0) is 13.3 Å². The molecule has 2 nitrogen and oxygen atoms in total. The summed E-state index contributed by atoms with van der Waals surface area (Å²) in [5, 5.41) is 0. The van der Waals surface area contributed by atoms with Gasteiger partial charge < -0.3 is 4.74 Å². The number of carbonyl (C=O) groups is 1. The smallest absolute Gasteiger partial charge is 0.333 e. The van der Waals surface area contributed by atoms with Crippen LogP contribution in [-0.4, -0.2) is 18.0 Å². The molecule has 1 unspecified atom stereocenters. The van der Waals surface area contributed by atoms with Crippen molar-refractivity contribution in [2.45, 2.75) is 39.2 Å². The van der Waals surface area contributed by atoms with E-state index in [0.717, 1.165) is 6.92 Å². The van der Waals surface area contributed by atoms with Crippen molar-refractivity contribution in [2.24, 2.45) is 0 Å². The third-order valence-electron chi connectivity index (χ3n) is 1.53. The molecule has 0 bridgehead atoms. The zero-order valence-corrected chi connectivity index (χ0v) is 8.06. The molecule has 0 aliphatic carbocycles. The van der Waals surface area contributed by atoms with Crippen molar-refractivity contribution in [3.05, 3.63) is 12.2 Å². The minimum atomic E-state index is -3.00. The maximum Gasteiger partial charge on any atom is 0.333 e. The standard InChI is InChI=1S/C9H14F2O2/c1-5-7(9(4,10)11)13-8(12)6(2)3/h7H,2,5H2,1,3-4H3. The molecule has 0 aromatic heterocycles. The van der Waals surface area contributed by atoms with Crippen LogP contribution >= 0.6 is 0 Å². The zero-order valence-electron chi connectivity index (χ0n) is 8.06. The molecule has 0 aliphatic rings. The molecular formula is C9H14F2O2. The van der Waals surface area contributed by atoms with Crippen LogP contribution in [0.4, 0.5) is 8.78 Å². The SMILES string of the molecule is C=C(C)C(=O)OC(CC)C(C)(F)F. The summed E-state index contributed by atoms with van der Waals surface area (Å²) in [6, 6.07) is 0. The van der Waals surface area contributed by atoms with Gasteiger partial charge in [0.1, 0.15) is 0 Å². The average Bonchev–Trinajstić information content (AvgIpc) is 1.96. The first kappa shape index (κ1) is 12.1. The molecule has 13 heavy (non-hydrogen) atoms. The second-order valence-corrected chi connectivity index (χ2v) is 3.04. The Morgan fingerprint density at radius 1 is 1.62 bits per heavy atom. The topological polar surface area (TPSA) is 26.3 Å². The Balaban J connectivity index is 4.31. The molecule has 0 radical (unpaired) electrons. The summed E-state index contributed by atoms with van der Waals surface area (Å²) in [6.07, 6.45) is -1.28. The van der Waals surface area contributed by atoms with E-state index < -0.39 is 18.0 Å². The molecule has 0 N–H and O–H groups in total. The van der Waals surface area contributed by atoms with E-state index in [1.807, 2.05) is 0 Å². The Labute approximate surface area is 76.6 Å². The van der Waals surface area contributed by atoms with Crippen molar-refractivity contribution in [1.29, 1.82) is 0 Å². The van der Waals surface area contributed by atoms with E-state index in [4.69, 9.17) is 0 Å². The molecule has 0 heterocycles. The van der Waals surface area contributed by atoms with E-state index in [1.54, 1.807) is 0 Å². The largest absolute Gasteiger partial charge is 0.453 e. The van der Waals surface area contributed by atoms with Crippen molar-refractivity contribution in [3.8, 4) is 0 Å². The molecule has 0 fully saturated rings. The lowest BCUT2D eigenvalue weighted by Gasteiger charge is -2.22. The third kappa shape index (κ3) is 4.01. The molecule has 0 aromatic rings. The predicted molar refractivity (Wildman–Crippen MR) is 45.6 cm³/mol. The van der Waals surface area contributed by atoms with Gasteiger partial charge in [0.25, 0.3) is 5.92 Å². The summed E-state index contributed by atoms with van der Waals surface area (Å²) < 4.78 is 29.9. The molecule has 0 amide bonds. The van der Waals surface area contributed by atoms with Gasteiger partial charge in [0, 0.05) is 12.5 Å². The molecule has 0 saturated heterocycles. The number of rotatable bonds is 4. The lowest BCUT2D eigenvalue weighted by atomic mass is 10.1. The van der Waals surface area contributed by atoms with Gasteiger partial charge in [-0.25, -0.2) is 13.6 Å². The summed E-state index contributed by atoms with van der Waals surface area (Å²) >= 11 is 0. The van der Waals surface area contributed by atoms with E-state index in [1.165, 1.54) is 13.8 Å².